The van der Waals surface area contributed by atoms with E-state index in [0.29, 0.717) is 15.7 Å². The molecule has 0 amide bonds. The Bertz CT molecular complexity index is 1250. The van der Waals surface area contributed by atoms with Gasteiger partial charge in [-0.2, -0.15) is 5.10 Å². The Morgan fingerprint density at radius 1 is 1.21 bits per heavy atom. The van der Waals surface area contributed by atoms with E-state index in [2.05, 4.69) is 36.6 Å². The lowest BCUT2D eigenvalue weighted by molar-refractivity contribution is 0.103. The summed E-state index contributed by atoms with van der Waals surface area (Å²) in [5.74, 6) is -0.476. The number of fused-ring (bicyclic) bond motifs is 2. The first-order valence-electron chi connectivity index (χ1n) is 8.94. The van der Waals surface area contributed by atoms with Crippen molar-refractivity contribution in [3.63, 3.8) is 0 Å². The predicted molar refractivity (Wildman–Crippen MR) is 114 cm³/mol. The molecule has 5 rings (SSSR count). The van der Waals surface area contributed by atoms with E-state index >= 15 is 0 Å². The van der Waals surface area contributed by atoms with Gasteiger partial charge in [0.1, 0.15) is 11.6 Å². The van der Waals surface area contributed by atoms with Gasteiger partial charge >= 0.3 is 0 Å². The number of hydrogen-bond donors (Lipinski definition) is 4. The summed E-state index contributed by atoms with van der Waals surface area (Å²) < 4.78 is 15.6. The Kier molecular flexibility index (Phi) is 3.88. The molecule has 0 aliphatic carbocycles. The van der Waals surface area contributed by atoms with Crippen LogP contribution in [0.15, 0.2) is 47.1 Å². The number of carbonyl (C=O) groups is 1. The number of hydrogen-bond acceptors (Lipinski definition) is 5. The second kappa shape index (κ2) is 6.35. The number of nitrogens with zero attached hydrogens (tertiary/aromatic N) is 2. The van der Waals surface area contributed by atoms with Crippen LogP contribution in [-0.4, -0.2) is 26.7 Å². The Balaban J connectivity index is 1.51. The monoisotopic (exact) mass is 454 g/mol. The van der Waals surface area contributed by atoms with Crippen molar-refractivity contribution in [2.75, 3.05) is 16.4 Å². The van der Waals surface area contributed by atoms with Crippen molar-refractivity contribution in [2.45, 2.75) is 13.1 Å². The molecule has 2 aromatic carbocycles. The summed E-state index contributed by atoms with van der Waals surface area (Å²) in [6.45, 7) is 2.02. The third-order valence-electron chi connectivity index (χ3n) is 4.95. The molecule has 0 bridgehead atoms. The predicted octanol–water partition coefficient (Wildman–Crippen LogP) is 4.25. The number of anilines is 3. The van der Waals surface area contributed by atoms with Crippen LogP contribution in [0.4, 0.5) is 21.6 Å². The van der Waals surface area contributed by atoms with Gasteiger partial charge in [-0.05, 0) is 59.3 Å². The van der Waals surface area contributed by atoms with Crippen LogP contribution in [0.2, 0.25) is 0 Å². The average molecular weight is 455 g/mol. The molecule has 1 aliphatic rings. The van der Waals surface area contributed by atoms with Crippen LogP contribution < -0.4 is 16.4 Å². The number of halogens is 2. The van der Waals surface area contributed by atoms with E-state index in [9.17, 15) is 9.18 Å². The maximum absolute atomic E-state index is 13.8. The first-order valence-corrected chi connectivity index (χ1v) is 9.73. The van der Waals surface area contributed by atoms with Gasteiger partial charge in [0.15, 0.2) is 0 Å². The second-order valence-corrected chi connectivity index (χ2v) is 7.82. The number of nitrogen functional groups attached to an aromatic ring is 1. The van der Waals surface area contributed by atoms with E-state index in [-0.39, 0.29) is 23.3 Å². The number of H-pyrrole nitrogens is 1. The largest absolute Gasteiger partial charge is 0.383 e. The van der Waals surface area contributed by atoms with Gasteiger partial charge in [-0.15, -0.1) is 0 Å². The van der Waals surface area contributed by atoms with Crippen LogP contribution in [0.3, 0.4) is 0 Å². The molecule has 4 aromatic rings. The van der Waals surface area contributed by atoms with Crippen molar-refractivity contribution < 1.29 is 9.18 Å². The standard InChI is InChI=1S/C20H16BrFN6O/c1-9-25-15-3-2-11(6-17(15)26-9)28-20(23)12(8-24-28)19(29)18-5-10-4-13(21)14(22)7-16(10)27-18/h2-9,25-27H,23H2,1H3. The van der Waals surface area contributed by atoms with Crippen molar-refractivity contribution >= 4 is 49.8 Å². The third kappa shape index (κ3) is 2.85. The van der Waals surface area contributed by atoms with E-state index < -0.39 is 5.82 Å². The molecule has 1 unspecified atom stereocenters. The zero-order valence-electron chi connectivity index (χ0n) is 15.3. The fourth-order valence-electron chi connectivity index (χ4n) is 3.54. The minimum atomic E-state index is -0.403. The van der Waals surface area contributed by atoms with Crippen LogP contribution >= 0.6 is 15.9 Å². The highest BCUT2D eigenvalue weighted by Crippen LogP contribution is 2.32. The highest BCUT2D eigenvalue weighted by atomic mass is 79.9. The fourth-order valence-corrected chi connectivity index (χ4v) is 3.91. The molecule has 1 aliphatic heterocycles. The highest BCUT2D eigenvalue weighted by molar-refractivity contribution is 9.10. The molecule has 7 nitrogen and oxygen atoms in total. The molecule has 0 saturated carbocycles. The van der Waals surface area contributed by atoms with E-state index in [4.69, 9.17) is 5.73 Å². The Morgan fingerprint density at radius 2 is 2.00 bits per heavy atom. The summed E-state index contributed by atoms with van der Waals surface area (Å²) in [5.41, 5.74) is 10.1. The summed E-state index contributed by atoms with van der Waals surface area (Å²) in [5, 5.41) is 11.6. The first kappa shape index (κ1) is 17.7. The Labute approximate surface area is 173 Å². The van der Waals surface area contributed by atoms with E-state index in [1.165, 1.54) is 16.9 Å². The molecule has 2 aromatic heterocycles. The second-order valence-electron chi connectivity index (χ2n) is 6.96. The topological polar surface area (TPSA) is 101 Å². The van der Waals surface area contributed by atoms with Crippen LogP contribution in [0.25, 0.3) is 16.6 Å². The number of rotatable bonds is 3. The van der Waals surface area contributed by atoms with Crippen molar-refractivity contribution in [3.05, 3.63) is 64.1 Å². The van der Waals surface area contributed by atoms with Crippen LogP contribution in [0.1, 0.15) is 23.0 Å². The van der Waals surface area contributed by atoms with Gasteiger partial charge in [-0.25, -0.2) is 9.07 Å². The molecular weight excluding hydrogens is 439 g/mol. The number of benzene rings is 2. The molecule has 9 heteroatoms. The van der Waals surface area contributed by atoms with Crippen molar-refractivity contribution in [1.82, 2.24) is 14.8 Å². The molecule has 0 fully saturated rings. The van der Waals surface area contributed by atoms with Crippen LogP contribution in [-0.2, 0) is 0 Å². The number of nitrogens with two attached hydrogens (primary N) is 1. The number of aromatic nitrogens is 3. The lowest BCUT2D eigenvalue weighted by Crippen LogP contribution is -2.16. The van der Waals surface area contributed by atoms with Crippen molar-refractivity contribution in [1.29, 1.82) is 0 Å². The molecule has 3 heterocycles. The SMILES string of the molecule is CC1Nc2ccc(-n3ncc(C(=O)c4cc5cc(Br)c(F)cc5[nH]4)c3N)cc2N1. The minimum Gasteiger partial charge on any atom is -0.383 e. The molecule has 29 heavy (non-hydrogen) atoms. The van der Waals surface area contributed by atoms with E-state index in [1.54, 1.807) is 12.1 Å². The molecule has 0 radical (unpaired) electrons. The summed E-state index contributed by atoms with van der Waals surface area (Å²) in [6, 6.07) is 10.4. The Morgan fingerprint density at radius 3 is 2.83 bits per heavy atom. The first-order chi connectivity index (χ1) is 13.9. The quantitative estimate of drug-likeness (QED) is 0.346. The number of ketones is 1. The summed E-state index contributed by atoms with van der Waals surface area (Å²) in [4.78, 5) is 15.9. The molecule has 0 saturated heterocycles. The van der Waals surface area contributed by atoms with Gasteiger partial charge in [0.05, 0.1) is 45.2 Å². The van der Waals surface area contributed by atoms with Gasteiger partial charge in [0, 0.05) is 10.9 Å². The molecule has 5 N–H and O–H groups in total. The third-order valence-corrected chi connectivity index (χ3v) is 5.56. The van der Waals surface area contributed by atoms with Crippen molar-refractivity contribution in [2.24, 2.45) is 0 Å². The van der Waals surface area contributed by atoms with E-state index in [0.717, 1.165) is 22.4 Å². The summed E-state index contributed by atoms with van der Waals surface area (Å²) >= 11 is 3.16. The number of aromatic amines is 1. The molecule has 0 spiro atoms. The smallest absolute Gasteiger partial charge is 0.214 e. The summed E-state index contributed by atoms with van der Waals surface area (Å²) in [7, 11) is 0. The molecule has 1 atom stereocenters. The number of carbonyl (C=O) groups excluding carboxylic acids is 1. The van der Waals surface area contributed by atoms with Crippen molar-refractivity contribution in [3.8, 4) is 5.69 Å². The van der Waals surface area contributed by atoms with Gasteiger partial charge in [-0.1, -0.05) is 0 Å². The average Bonchev–Trinajstić information content (AvgIpc) is 3.36. The zero-order valence-corrected chi connectivity index (χ0v) is 16.8. The minimum absolute atomic E-state index is 0.138. The summed E-state index contributed by atoms with van der Waals surface area (Å²) in [6.07, 6.45) is 1.58. The maximum Gasteiger partial charge on any atom is 0.214 e. The molecular formula is C20H16BrFN6O. The van der Waals surface area contributed by atoms with E-state index in [1.807, 2.05) is 25.1 Å². The lowest BCUT2D eigenvalue weighted by atomic mass is 10.1. The van der Waals surface area contributed by atoms with Gasteiger partial charge in [0.25, 0.3) is 0 Å². The Hall–Kier alpha value is -3.33. The van der Waals surface area contributed by atoms with Gasteiger partial charge < -0.3 is 21.4 Å². The van der Waals surface area contributed by atoms with Gasteiger partial charge in [0.2, 0.25) is 5.78 Å². The molecule has 146 valence electrons. The maximum atomic E-state index is 13.8. The van der Waals surface area contributed by atoms with Crippen LogP contribution in [0, 0.1) is 5.82 Å². The van der Waals surface area contributed by atoms with Gasteiger partial charge in [-0.3, -0.25) is 4.79 Å². The van der Waals surface area contributed by atoms with Crippen LogP contribution in [0.5, 0.6) is 0 Å². The fraction of sp³-hybridized carbons (Fsp3) is 0.100. The number of nitrogens with one attached hydrogen (secondary N) is 3. The normalized spacial score (nSPS) is 15.2. The lowest BCUT2D eigenvalue weighted by Gasteiger charge is -2.07. The zero-order chi connectivity index (χ0) is 20.3. The highest BCUT2D eigenvalue weighted by Gasteiger charge is 2.21.